The Morgan fingerprint density at radius 1 is 1.45 bits per heavy atom. The van der Waals surface area contributed by atoms with Crippen LogP contribution in [-0.4, -0.2) is 30.4 Å². The van der Waals surface area contributed by atoms with E-state index in [4.69, 9.17) is 0 Å². The van der Waals surface area contributed by atoms with Crippen LogP contribution in [0.1, 0.15) is 26.2 Å². The second kappa shape index (κ2) is 2.84. The van der Waals surface area contributed by atoms with Gasteiger partial charge in [0, 0.05) is 26.1 Å². The van der Waals surface area contributed by atoms with E-state index in [0.29, 0.717) is 0 Å². The van der Waals surface area contributed by atoms with Crippen molar-refractivity contribution in [3.05, 3.63) is 0 Å². The fourth-order valence-corrected chi connectivity index (χ4v) is 1.92. The van der Waals surface area contributed by atoms with Crippen molar-refractivity contribution >= 4 is 5.84 Å². The van der Waals surface area contributed by atoms with Gasteiger partial charge in [-0.25, -0.2) is 0 Å². The minimum absolute atomic E-state index is 0.864. The highest BCUT2D eigenvalue weighted by molar-refractivity contribution is 5.83. The Hall–Kier alpha value is -0.530. The van der Waals surface area contributed by atoms with Crippen LogP contribution in [0.15, 0.2) is 4.99 Å². The number of fused-ring (bicyclic) bond motifs is 1. The first-order valence-electron chi connectivity index (χ1n) is 4.64. The SMILES string of the molecule is CC1CCN2CCCN=C2C1. The Labute approximate surface area is 68.3 Å². The Bertz CT molecular complexity index is 174. The summed E-state index contributed by atoms with van der Waals surface area (Å²) in [6.07, 6.45) is 3.84. The summed E-state index contributed by atoms with van der Waals surface area (Å²) in [7, 11) is 0. The molecule has 0 aliphatic carbocycles. The molecule has 1 fully saturated rings. The lowest BCUT2D eigenvalue weighted by Gasteiger charge is -2.35. The lowest BCUT2D eigenvalue weighted by atomic mass is 9.97. The zero-order valence-electron chi connectivity index (χ0n) is 7.21. The van der Waals surface area contributed by atoms with Crippen molar-refractivity contribution in [2.45, 2.75) is 26.2 Å². The highest BCUT2D eigenvalue weighted by Crippen LogP contribution is 2.20. The second-order valence-electron chi connectivity index (χ2n) is 3.74. The third-order valence-corrected chi connectivity index (χ3v) is 2.67. The van der Waals surface area contributed by atoms with Gasteiger partial charge in [0.05, 0.1) is 5.84 Å². The summed E-state index contributed by atoms with van der Waals surface area (Å²) in [4.78, 5) is 7.01. The molecule has 2 aliphatic rings. The molecule has 0 spiro atoms. The summed E-state index contributed by atoms with van der Waals surface area (Å²) in [5.41, 5.74) is 0. The molecule has 0 N–H and O–H groups in total. The molecule has 2 nitrogen and oxygen atoms in total. The Kier molecular flexibility index (Phi) is 1.84. The normalized spacial score (nSPS) is 31.2. The third kappa shape index (κ3) is 1.39. The molecule has 1 unspecified atom stereocenters. The lowest BCUT2D eigenvalue weighted by molar-refractivity contribution is 0.309. The van der Waals surface area contributed by atoms with Gasteiger partial charge in [-0.2, -0.15) is 0 Å². The minimum Gasteiger partial charge on any atom is -0.360 e. The van der Waals surface area contributed by atoms with Gasteiger partial charge < -0.3 is 4.90 Å². The molecule has 0 saturated carbocycles. The number of rotatable bonds is 0. The first-order chi connectivity index (χ1) is 5.36. The van der Waals surface area contributed by atoms with Crippen molar-refractivity contribution in [1.29, 1.82) is 0 Å². The van der Waals surface area contributed by atoms with Gasteiger partial charge in [0.2, 0.25) is 0 Å². The maximum Gasteiger partial charge on any atom is 0.0991 e. The van der Waals surface area contributed by atoms with Gasteiger partial charge in [0.1, 0.15) is 0 Å². The van der Waals surface area contributed by atoms with Gasteiger partial charge in [-0.15, -0.1) is 0 Å². The summed E-state index contributed by atoms with van der Waals surface area (Å²) in [5, 5.41) is 0. The van der Waals surface area contributed by atoms with E-state index in [-0.39, 0.29) is 0 Å². The topological polar surface area (TPSA) is 15.6 Å². The van der Waals surface area contributed by atoms with Crippen LogP contribution in [0.3, 0.4) is 0 Å². The molecular formula is C9H16N2. The average Bonchev–Trinajstić information content (AvgIpc) is 2.04. The first kappa shape index (κ1) is 7.14. The van der Waals surface area contributed by atoms with Crippen LogP contribution in [0.4, 0.5) is 0 Å². The quantitative estimate of drug-likeness (QED) is 0.514. The molecule has 62 valence electrons. The zero-order chi connectivity index (χ0) is 7.68. The minimum atomic E-state index is 0.864. The molecule has 2 heterocycles. The lowest BCUT2D eigenvalue weighted by Crippen LogP contribution is -2.41. The summed E-state index contributed by atoms with van der Waals surface area (Å²) < 4.78 is 0. The standard InChI is InChI=1S/C9H16N2/c1-8-3-6-11-5-2-4-10-9(11)7-8/h8H,2-7H2,1H3. The molecule has 2 heteroatoms. The van der Waals surface area contributed by atoms with E-state index in [2.05, 4.69) is 16.8 Å². The fraction of sp³-hybridized carbons (Fsp3) is 0.889. The Balaban J connectivity index is 2.07. The molecule has 0 radical (unpaired) electrons. The average molecular weight is 152 g/mol. The highest BCUT2D eigenvalue weighted by Gasteiger charge is 2.22. The van der Waals surface area contributed by atoms with Gasteiger partial charge in [-0.1, -0.05) is 6.92 Å². The molecule has 1 atom stereocenters. The number of aliphatic imine (C=N–C) groups is 1. The van der Waals surface area contributed by atoms with Crippen molar-refractivity contribution < 1.29 is 0 Å². The Morgan fingerprint density at radius 2 is 2.36 bits per heavy atom. The fourth-order valence-electron chi connectivity index (χ4n) is 1.92. The van der Waals surface area contributed by atoms with Crippen LogP contribution in [-0.2, 0) is 0 Å². The van der Waals surface area contributed by atoms with E-state index in [9.17, 15) is 0 Å². The number of hydrogen-bond acceptors (Lipinski definition) is 2. The molecule has 1 saturated heterocycles. The summed E-state index contributed by atoms with van der Waals surface area (Å²) >= 11 is 0. The largest absolute Gasteiger partial charge is 0.360 e. The van der Waals surface area contributed by atoms with E-state index in [1.165, 1.54) is 38.2 Å². The van der Waals surface area contributed by atoms with Gasteiger partial charge in [0.25, 0.3) is 0 Å². The smallest absolute Gasteiger partial charge is 0.0991 e. The first-order valence-corrected chi connectivity index (χ1v) is 4.64. The van der Waals surface area contributed by atoms with Crippen LogP contribution in [0.2, 0.25) is 0 Å². The van der Waals surface area contributed by atoms with Crippen molar-refractivity contribution in [1.82, 2.24) is 4.90 Å². The van der Waals surface area contributed by atoms with Crippen LogP contribution < -0.4 is 0 Å². The molecular weight excluding hydrogens is 136 g/mol. The van der Waals surface area contributed by atoms with Crippen molar-refractivity contribution in [2.24, 2.45) is 10.9 Å². The summed E-state index contributed by atoms with van der Waals surface area (Å²) in [6.45, 7) is 5.90. The summed E-state index contributed by atoms with van der Waals surface area (Å²) in [6, 6.07) is 0. The third-order valence-electron chi connectivity index (χ3n) is 2.67. The van der Waals surface area contributed by atoms with Crippen LogP contribution in [0.25, 0.3) is 0 Å². The van der Waals surface area contributed by atoms with Gasteiger partial charge in [-0.3, -0.25) is 4.99 Å². The molecule has 2 rings (SSSR count). The van der Waals surface area contributed by atoms with Crippen LogP contribution >= 0.6 is 0 Å². The molecule has 0 aromatic carbocycles. The van der Waals surface area contributed by atoms with Gasteiger partial charge in [-0.05, 0) is 18.8 Å². The van der Waals surface area contributed by atoms with E-state index in [1.807, 2.05) is 0 Å². The molecule has 2 aliphatic heterocycles. The van der Waals surface area contributed by atoms with Crippen molar-refractivity contribution in [3.8, 4) is 0 Å². The van der Waals surface area contributed by atoms with Crippen molar-refractivity contribution in [3.63, 3.8) is 0 Å². The molecule has 0 bridgehead atoms. The van der Waals surface area contributed by atoms with E-state index >= 15 is 0 Å². The number of hydrogen-bond donors (Lipinski definition) is 0. The van der Waals surface area contributed by atoms with E-state index in [1.54, 1.807) is 0 Å². The second-order valence-corrected chi connectivity index (χ2v) is 3.74. The predicted octanol–water partition coefficient (Wildman–Crippen LogP) is 1.52. The number of nitrogens with zero attached hydrogens (tertiary/aromatic N) is 2. The van der Waals surface area contributed by atoms with E-state index in [0.717, 1.165) is 12.5 Å². The molecule has 0 amide bonds. The maximum atomic E-state index is 4.54. The molecule has 0 aromatic rings. The van der Waals surface area contributed by atoms with E-state index < -0.39 is 0 Å². The predicted molar refractivity (Wildman–Crippen MR) is 46.9 cm³/mol. The molecule has 11 heavy (non-hydrogen) atoms. The molecule has 0 aromatic heterocycles. The van der Waals surface area contributed by atoms with Gasteiger partial charge >= 0.3 is 0 Å². The maximum absolute atomic E-state index is 4.54. The highest BCUT2D eigenvalue weighted by atomic mass is 15.2. The van der Waals surface area contributed by atoms with Crippen LogP contribution in [0, 0.1) is 5.92 Å². The monoisotopic (exact) mass is 152 g/mol. The van der Waals surface area contributed by atoms with Gasteiger partial charge in [0.15, 0.2) is 0 Å². The van der Waals surface area contributed by atoms with Crippen molar-refractivity contribution in [2.75, 3.05) is 19.6 Å². The summed E-state index contributed by atoms with van der Waals surface area (Å²) in [5.74, 6) is 2.25. The van der Waals surface area contributed by atoms with Crippen LogP contribution in [0.5, 0.6) is 0 Å². The zero-order valence-corrected chi connectivity index (χ0v) is 7.21. The Morgan fingerprint density at radius 3 is 3.27 bits per heavy atom. The number of amidine groups is 1. The number of piperidine rings is 1.